The first-order chi connectivity index (χ1) is 11.5. The average Bonchev–Trinajstić information content (AvgIpc) is 3.03. The number of aliphatic hydroxyl groups is 1. The van der Waals surface area contributed by atoms with Crippen molar-refractivity contribution in [3.8, 4) is 11.4 Å². The van der Waals surface area contributed by atoms with Crippen molar-refractivity contribution in [1.82, 2.24) is 20.8 Å². The molecule has 0 aliphatic heterocycles. The van der Waals surface area contributed by atoms with E-state index in [2.05, 4.69) is 20.8 Å². The standard InChI is InChI=1S/C16H21FN4O3/c1-10(5-4-8-22)18-16(23)19-11(2)15-20-14(21-24-15)12-6-3-7-13(17)9-12/h3,6-7,9-11,22H,4-5,8H2,1-2H3,(H2,18,19,23). The van der Waals surface area contributed by atoms with Crippen molar-refractivity contribution >= 4 is 6.03 Å². The van der Waals surface area contributed by atoms with Crippen molar-refractivity contribution in [3.63, 3.8) is 0 Å². The maximum atomic E-state index is 13.2. The minimum Gasteiger partial charge on any atom is -0.396 e. The summed E-state index contributed by atoms with van der Waals surface area (Å²) in [5.74, 6) is 0.101. The number of nitrogens with zero attached hydrogens (tertiary/aromatic N) is 2. The van der Waals surface area contributed by atoms with Crippen molar-refractivity contribution in [3.05, 3.63) is 36.0 Å². The Hall–Kier alpha value is -2.48. The van der Waals surface area contributed by atoms with E-state index in [9.17, 15) is 9.18 Å². The Balaban J connectivity index is 1.93. The van der Waals surface area contributed by atoms with Gasteiger partial charge in [-0.2, -0.15) is 4.98 Å². The molecule has 0 fully saturated rings. The number of carbonyl (C=O) groups is 1. The Labute approximate surface area is 139 Å². The van der Waals surface area contributed by atoms with E-state index in [1.807, 2.05) is 6.92 Å². The van der Waals surface area contributed by atoms with Crippen LogP contribution in [0.5, 0.6) is 0 Å². The molecule has 24 heavy (non-hydrogen) atoms. The van der Waals surface area contributed by atoms with Crippen LogP contribution in [0, 0.1) is 5.82 Å². The van der Waals surface area contributed by atoms with Gasteiger partial charge in [-0.1, -0.05) is 17.3 Å². The van der Waals surface area contributed by atoms with Crippen LogP contribution in [-0.4, -0.2) is 33.9 Å². The van der Waals surface area contributed by atoms with Crippen molar-refractivity contribution in [1.29, 1.82) is 0 Å². The zero-order valence-corrected chi connectivity index (χ0v) is 13.6. The van der Waals surface area contributed by atoms with Crippen LogP contribution in [0.4, 0.5) is 9.18 Å². The highest BCUT2D eigenvalue weighted by molar-refractivity contribution is 5.74. The van der Waals surface area contributed by atoms with Gasteiger partial charge in [-0.05, 0) is 38.8 Å². The topological polar surface area (TPSA) is 100 Å². The fraction of sp³-hybridized carbons (Fsp3) is 0.438. The highest BCUT2D eigenvalue weighted by Gasteiger charge is 2.18. The van der Waals surface area contributed by atoms with Gasteiger partial charge in [-0.25, -0.2) is 9.18 Å². The number of aliphatic hydroxyl groups excluding tert-OH is 1. The van der Waals surface area contributed by atoms with Gasteiger partial charge in [0, 0.05) is 18.2 Å². The van der Waals surface area contributed by atoms with Gasteiger partial charge in [0.15, 0.2) is 0 Å². The smallest absolute Gasteiger partial charge is 0.315 e. The molecule has 1 aromatic heterocycles. The molecule has 2 atom stereocenters. The Morgan fingerprint density at radius 2 is 2.17 bits per heavy atom. The monoisotopic (exact) mass is 336 g/mol. The minimum atomic E-state index is -0.496. The molecule has 7 nitrogen and oxygen atoms in total. The predicted molar refractivity (Wildman–Crippen MR) is 85.6 cm³/mol. The van der Waals surface area contributed by atoms with Gasteiger partial charge in [-0.3, -0.25) is 0 Å². The number of amides is 2. The summed E-state index contributed by atoms with van der Waals surface area (Å²) in [5.41, 5.74) is 0.499. The van der Waals surface area contributed by atoms with Crippen LogP contribution < -0.4 is 10.6 Å². The number of hydrogen-bond acceptors (Lipinski definition) is 5. The lowest BCUT2D eigenvalue weighted by Gasteiger charge is -2.16. The molecule has 0 radical (unpaired) electrons. The molecule has 2 amide bonds. The van der Waals surface area contributed by atoms with E-state index >= 15 is 0 Å². The lowest BCUT2D eigenvalue weighted by molar-refractivity contribution is 0.228. The third kappa shape index (κ3) is 5.02. The van der Waals surface area contributed by atoms with Gasteiger partial charge in [0.25, 0.3) is 0 Å². The fourth-order valence-electron chi connectivity index (χ4n) is 2.15. The molecule has 0 aliphatic rings. The van der Waals surface area contributed by atoms with E-state index in [0.29, 0.717) is 18.4 Å². The molecule has 1 aromatic carbocycles. The SMILES string of the molecule is CC(CCCO)NC(=O)NC(C)c1nc(-c2cccc(F)c2)no1. The van der Waals surface area contributed by atoms with Crippen molar-refractivity contribution < 1.29 is 18.8 Å². The number of benzene rings is 1. The second-order valence-electron chi connectivity index (χ2n) is 5.57. The summed E-state index contributed by atoms with van der Waals surface area (Å²) < 4.78 is 18.4. The summed E-state index contributed by atoms with van der Waals surface area (Å²) in [5, 5.41) is 18.0. The van der Waals surface area contributed by atoms with E-state index < -0.39 is 6.04 Å². The number of urea groups is 1. The largest absolute Gasteiger partial charge is 0.396 e. The molecule has 0 saturated carbocycles. The molecule has 0 bridgehead atoms. The van der Waals surface area contributed by atoms with Gasteiger partial charge in [0.2, 0.25) is 11.7 Å². The number of rotatable bonds is 7. The third-order valence-corrected chi connectivity index (χ3v) is 3.42. The molecule has 0 spiro atoms. The Bertz CT molecular complexity index is 677. The van der Waals surface area contributed by atoms with E-state index in [4.69, 9.17) is 9.63 Å². The Morgan fingerprint density at radius 3 is 2.88 bits per heavy atom. The van der Waals surface area contributed by atoms with Crippen LogP contribution >= 0.6 is 0 Å². The molecule has 2 unspecified atom stereocenters. The number of halogens is 1. The van der Waals surface area contributed by atoms with E-state index in [-0.39, 0.29) is 36.2 Å². The number of hydrogen-bond donors (Lipinski definition) is 3. The molecule has 3 N–H and O–H groups in total. The van der Waals surface area contributed by atoms with Crippen LogP contribution in [-0.2, 0) is 0 Å². The van der Waals surface area contributed by atoms with Crippen molar-refractivity contribution in [2.45, 2.75) is 38.8 Å². The summed E-state index contributed by atoms with van der Waals surface area (Å²) in [7, 11) is 0. The van der Waals surface area contributed by atoms with Crippen LogP contribution in [0.3, 0.4) is 0 Å². The summed E-state index contributed by atoms with van der Waals surface area (Å²) in [6, 6.07) is 4.95. The molecule has 1 heterocycles. The predicted octanol–water partition coefficient (Wildman–Crippen LogP) is 2.40. The second kappa shape index (κ2) is 8.39. The maximum Gasteiger partial charge on any atom is 0.315 e. The zero-order valence-electron chi connectivity index (χ0n) is 13.6. The van der Waals surface area contributed by atoms with Crippen LogP contribution in [0.15, 0.2) is 28.8 Å². The highest BCUT2D eigenvalue weighted by atomic mass is 19.1. The molecular formula is C16H21FN4O3. The lowest BCUT2D eigenvalue weighted by Crippen LogP contribution is -2.41. The molecule has 2 rings (SSSR count). The lowest BCUT2D eigenvalue weighted by atomic mass is 10.2. The number of aromatic nitrogens is 2. The van der Waals surface area contributed by atoms with E-state index in [0.717, 1.165) is 0 Å². The molecule has 0 aliphatic carbocycles. The van der Waals surface area contributed by atoms with Crippen LogP contribution in [0.2, 0.25) is 0 Å². The van der Waals surface area contributed by atoms with Gasteiger partial charge >= 0.3 is 6.03 Å². The molecule has 8 heteroatoms. The van der Waals surface area contributed by atoms with Gasteiger partial charge < -0.3 is 20.3 Å². The first-order valence-electron chi connectivity index (χ1n) is 7.77. The Kier molecular flexibility index (Phi) is 6.25. The molecule has 0 saturated heterocycles. The summed E-state index contributed by atoms with van der Waals surface area (Å²) in [6.07, 6.45) is 1.31. The number of carbonyl (C=O) groups excluding carboxylic acids is 1. The van der Waals surface area contributed by atoms with Crippen LogP contribution in [0.25, 0.3) is 11.4 Å². The summed E-state index contributed by atoms with van der Waals surface area (Å²) >= 11 is 0. The highest BCUT2D eigenvalue weighted by Crippen LogP contribution is 2.19. The second-order valence-corrected chi connectivity index (χ2v) is 5.57. The third-order valence-electron chi connectivity index (χ3n) is 3.42. The van der Waals surface area contributed by atoms with E-state index in [1.54, 1.807) is 19.1 Å². The van der Waals surface area contributed by atoms with Crippen molar-refractivity contribution in [2.24, 2.45) is 0 Å². The summed E-state index contributed by atoms with van der Waals surface area (Å²) in [4.78, 5) is 16.1. The van der Waals surface area contributed by atoms with Gasteiger partial charge in [0.05, 0.1) is 0 Å². The molecular weight excluding hydrogens is 315 g/mol. The van der Waals surface area contributed by atoms with Gasteiger partial charge in [-0.15, -0.1) is 0 Å². The first-order valence-corrected chi connectivity index (χ1v) is 7.77. The fourth-order valence-corrected chi connectivity index (χ4v) is 2.15. The van der Waals surface area contributed by atoms with Gasteiger partial charge in [0.1, 0.15) is 11.9 Å². The Morgan fingerprint density at radius 1 is 1.38 bits per heavy atom. The molecule has 130 valence electrons. The van der Waals surface area contributed by atoms with Crippen LogP contribution in [0.1, 0.15) is 38.6 Å². The average molecular weight is 336 g/mol. The summed E-state index contributed by atoms with van der Waals surface area (Å²) in [6.45, 7) is 3.66. The van der Waals surface area contributed by atoms with Crippen molar-refractivity contribution in [2.75, 3.05) is 6.61 Å². The normalized spacial score (nSPS) is 13.3. The maximum absolute atomic E-state index is 13.2. The first kappa shape index (κ1) is 17.9. The number of nitrogens with one attached hydrogen (secondary N) is 2. The minimum absolute atomic E-state index is 0.0603. The zero-order chi connectivity index (χ0) is 17.5. The quantitative estimate of drug-likeness (QED) is 0.721. The molecule has 2 aromatic rings. The van der Waals surface area contributed by atoms with E-state index in [1.165, 1.54) is 12.1 Å².